The first kappa shape index (κ1) is 14.4. The monoisotopic (exact) mass is 385 g/mol. The van der Waals surface area contributed by atoms with Crippen molar-refractivity contribution in [1.82, 2.24) is 0 Å². The van der Waals surface area contributed by atoms with E-state index in [1.165, 1.54) is 18.2 Å². The number of carbonyl (C=O) groups excluding carboxylic acids is 2. The van der Waals surface area contributed by atoms with Gasteiger partial charge in [-0.25, -0.2) is 0 Å². The maximum absolute atomic E-state index is 12.6. The molecule has 2 aromatic carbocycles. The van der Waals surface area contributed by atoms with Crippen LogP contribution in [0.25, 0.3) is 0 Å². The normalized spacial score (nSPS) is 13.1. The van der Waals surface area contributed by atoms with Crippen molar-refractivity contribution >= 4 is 56.4 Å². The Morgan fingerprint density at radius 3 is 1.95 bits per heavy atom. The molecule has 0 unspecified atom stereocenters. The molecule has 0 saturated carbocycles. The first-order chi connectivity index (χ1) is 9.82. The Balaban J connectivity index is 2.41. The third-order valence-corrected chi connectivity index (χ3v) is 4.68. The molecule has 0 aromatic heterocycles. The van der Waals surface area contributed by atoms with Crippen LogP contribution in [0, 0.1) is 0 Å². The number of hydrogen-bond acceptors (Lipinski definition) is 4. The number of aromatic hydroxyl groups is 1. The molecule has 1 aliphatic carbocycles. The van der Waals surface area contributed by atoms with E-state index in [1.807, 2.05) is 0 Å². The van der Waals surface area contributed by atoms with Crippen LogP contribution in [0.2, 0.25) is 10.0 Å². The minimum Gasteiger partial charge on any atom is -0.507 e. The summed E-state index contributed by atoms with van der Waals surface area (Å²) in [5.41, 5.74) is 6.02. The van der Waals surface area contributed by atoms with Crippen LogP contribution in [0.1, 0.15) is 31.8 Å². The molecule has 0 bridgehead atoms. The molecule has 106 valence electrons. The van der Waals surface area contributed by atoms with Gasteiger partial charge in [-0.2, -0.15) is 0 Å². The van der Waals surface area contributed by atoms with Gasteiger partial charge in [-0.3, -0.25) is 9.59 Å². The zero-order valence-electron chi connectivity index (χ0n) is 10.2. The van der Waals surface area contributed by atoms with Crippen molar-refractivity contribution in [3.05, 3.63) is 55.0 Å². The van der Waals surface area contributed by atoms with E-state index in [0.717, 1.165) is 0 Å². The smallest absolute Gasteiger partial charge is 0.198 e. The molecule has 1 aliphatic rings. The molecule has 0 spiro atoms. The van der Waals surface area contributed by atoms with Crippen molar-refractivity contribution in [3.63, 3.8) is 0 Å². The summed E-state index contributed by atoms with van der Waals surface area (Å²) in [6, 6.07) is 3.93. The summed E-state index contributed by atoms with van der Waals surface area (Å²) in [5, 5.41) is 10.3. The van der Waals surface area contributed by atoms with Crippen molar-refractivity contribution in [1.29, 1.82) is 0 Å². The van der Waals surface area contributed by atoms with Gasteiger partial charge in [0.05, 0.1) is 26.9 Å². The van der Waals surface area contributed by atoms with Crippen LogP contribution >= 0.6 is 39.1 Å². The van der Waals surface area contributed by atoms with E-state index in [0.29, 0.717) is 4.47 Å². The van der Waals surface area contributed by atoms with Crippen LogP contribution in [0.5, 0.6) is 5.75 Å². The maximum Gasteiger partial charge on any atom is 0.198 e. The number of phenolic OH excluding ortho intramolecular Hbond substituents is 1. The minimum atomic E-state index is -0.519. The van der Waals surface area contributed by atoms with E-state index >= 15 is 0 Å². The van der Waals surface area contributed by atoms with Gasteiger partial charge in [0.25, 0.3) is 0 Å². The largest absolute Gasteiger partial charge is 0.507 e. The fraction of sp³-hybridized carbons (Fsp3) is 0. The molecule has 2 aromatic rings. The van der Waals surface area contributed by atoms with Crippen LogP contribution in [-0.4, -0.2) is 16.7 Å². The Labute approximate surface area is 137 Å². The van der Waals surface area contributed by atoms with Crippen LogP contribution in [-0.2, 0) is 0 Å². The van der Waals surface area contributed by atoms with Crippen molar-refractivity contribution < 1.29 is 14.7 Å². The molecule has 4 nitrogen and oxygen atoms in total. The lowest BCUT2D eigenvalue weighted by Crippen LogP contribution is -2.23. The lowest BCUT2D eigenvalue weighted by Gasteiger charge is -2.21. The lowest BCUT2D eigenvalue weighted by atomic mass is 9.83. The van der Waals surface area contributed by atoms with Gasteiger partial charge in [0, 0.05) is 15.6 Å². The van der Waals surface area contributed by atoms with Gasteiger partial charge < -0.3 is 10.8 Å². The summed E-state index contributed by atoms with van der Waals surface area (Å²) >= 11 is 14.9. The number of nitrogen functional groups attached to an aromatic ring is 1. The molecule has 0 atom stereocenters. The van der Waals surface area contributed by atoms with Crippen molar-refractivity contribution in [3.8, 4) is 5.75 Å². The first-order valence-corrected chi connectivity index (χ1v) is 7.27. The van der Waals surface area contributed by atoms with Crippen molar-refractivity contribution in [2.24, 2.45) is 0 Å². The number of halogens is 3. The van der Waals surface area contributed by atoms with E-state index in [-0.39, 0.29) is 43.7 Å². The molecular weight excluding hydrogens is 381 g/mol. The summed E-state index contributed by atoms with van der Waals surface area (Å²) in [5.74, 6) is -1.32. The molecule has 0 radical (unpaired) electrons. The lowest BCUT2D eigenvalue weighted by molar-refractivity contribution is 0.0977. The van der Waals surface area contributed by atoms with Crippen LogP contribution in [0.15, 0.2) is 22.7 Å². The number of anilines is 1. The second-order valence-corrected chi connectivity index (χ2v) is 6.18. The first-order valence-electron chi connectivity index (χ1n) is 5.72. The zero-order chi connectivity index (χ0) is 15.5. The number of benzene rings is 2. The number of hydrogen-bond donors (Lipinski definition) is 2. The number of fused-ring (bicyclic) bond motifs is 2. The standard InChI is InChI=1S/C14H6BrCl2NO3/c15-6-3-9(19)10-11(12(6)18)14(21)5-2-8(17)7(16)1-4(5)13(10)20/h1-3,19H,18H2. The SMILES string of the molecule is Nc1c(Br)cc(O)c2c1C(=O)c1cc(Cl)c(Cl)cc1C2=O. The number of carbonyl (C=O) groups is 2. The van der Waals surface area contributed by atoms with Gasteiger partial charge in [0.1, 0.15) is 5.75 Å². The van der Waals surface area contributed by atoms with E-state index in [4.69, 9.17) is 28.9 Å². The van der Waals surface area contributed by atoms with Crippen molar-refractivity contribution in [2.45, 2.75) is 0 Å². The third-order valence-electron chi connectivity index (χ3n) is 3.30. The highest BCUT2D eigenvalue weighted by Crippen LogP contribution is 2.41. The maximum atomic E-state index is 12.6. The van der Waals surface area contributed by atoms with E-state index in [1.54, 1.807) is 0 Å². The Hall–Kier alpha value is -1.56. The van der Waals surface area contributed by atoms with Gasteiger partial charge in [0.2, 0.25) is 0 Å². The molecule has 7 heteroatoms. The summed E-state index contributed by atoms with van der Waals surface area (Å²) in [6.45, 7) is 0. The quantitative estimate of drug-likeness (QED) is 0.454. The Morgan fingerprint density at radius 2 is 1.43 bits per heavy atom. The van der Waals surface area contributed by atoms with E-state index in [9.17, 15) is 14.7 Å². The highest BCUT2D eigenvalue weighted by atomic mass is 79.9. The summed E-state index contributed by atoms with van der Waals surface area (Å²) in [7, 11) is 0. The molecule has 3 rings (SSSR count). The molecule has 0 fully saturated rings. The third kappa shape index (κ3) is 1.96. The highest BCUT2D eigenvalue weighted by Gasteiger charge is 2.35. The molecule has 0 amide bonds. The number of phenols is 1. The summed E-state index contributed by atoms with van der Waals surface area (Å²) in [6.07, 6.45) is 0. The second kappa shape index (κ2) is 4.73. The molecule has 3 N–H and O–H groups in total. The number of ketones is 2. The average Bonchev–Trinajstić information content (AvgIpc) is 2.42. The number of nitrogens with two attached hydrogens (primary N) is 1. The van der Waals surface area contributed by atoms with Crippen LogP contribution in [0.4, 0.5) is 5.69 Å². The topological polar surface area (TPSA) is 80.4 Å². The predicted octanol–water partition coefficient (Wildman–Crippen LogP) is 3.82. The Kier molecular flexibility index (Phi) is 3.24. The molecule has 0 aliphatic heterocycles. The Bertz CT molecular complexity index is 849. The molecular formula is C14H6BrCl2NO3. The van der Waals surface area contributed by atoms with Crippen molar-refractivity contribution in [2.75, 3.05) is 5.73 Å². The minimum absolute atomic E-state index is 0.0298. The van der Waals surface area contributed by atoms with Crippen LogP contribution < -0.4 is 5.73 Å². The average molecular weight is 387 g/mol. The van der Waals surface area contributed by atoms with Gasteiger partial charge in [-0.05, 0) is 34.1 Å². The highest BCUT2D eigenvalue weighted by molar-refractivity contribution is 9.10. The second-order valence-electron chi connectivity index (χ2n) is 4.51. The fourth-order valence-corrected chi connectivity index (χ4v) is 3.05. The summed E-state index contributed by atoms with van der Waals surface area (Å²) in [4.78, 5) is 25.1. The van der Waals surface area contributed by atoms with Gasteiger partial charge in [-0.15, -0.1) is 0 Å². The Morgan fingerprint density at radius 1 is 0.952 bits per heavy atom. The zero-order valence-corrected chi connectivity index (χ0v) is 13.3. The fourth-order valence-electron chi connectivity index (χ4n) is 2.31. The summed E-state index contributed by atoms with van der Waals surface area (Å²) < 4.78 is 0.336. The number of rotatable bonds is 0. The van der Waals surface area contributed by atoms with Gasteiger partial charge >= 0.3 is 0 Å². The predicted molar refractivity (Wildman–Crippen MR) is 83.5 cm³/mol. The van der Waals surface area contributed by atoms with Crippen LogP contribution in [0.3, 0.4) is 0 Å². The molecule has 0 saturated heterocycles. The molecule has 0 heterocycles. The van der Waals surface area contributed by atoms with Gasteiger partial charge in [0.15, 0.2) is 11.6 Å². The van der Waals surface area contributed by atoms with Gasteiger partial charge in [-0.1, -0.05) is 23.2 Å². The van der Waals surface area contributed by atoms with E-state index in [2.05, 4.69) is 15.9 Å². The van der Waals surface area contributed by atoms with E-state index < -0.39 is 11.6 Å². The molecule has 21 heavy (non-hydrogen) atoms.